The molecule has 0 spiro atoms. The summed E-state index contributed by atoms with van der Waals surface area (Å²) in [7, 11) is 0. The quantitative estimate of drug-likeness (QED) is 0.156. The third kappa shape index (κ3) is 6.00. The molecule has 1 aliphatic heterocycles. The van der Waals surface area contributed by atoms with E-state index < -0.39 is 0 Å². The monoisotopic (exact) mass is 829 g/mol. The first kappa shape index (κ1) is 37.7. The second-order valence-electron chi connectivity index (χ2n) is 18.8. The highest BCUT2D eigenvalue weighted by Gasteiger charge is 2.42. The van der Waals surface area contributed by atoms with Gasteiger partial charge in [0.15, 0.2) is 0 Å². The minimum Gasteiger partial charge on any atom is -0.485 e. The lowest BCUT2D eigenvalue weighted by Gasteiger charge is -2.46. The fourth-order valence-electron chi connectivity index (χ4n) is 12.3. The summed E-state index contributed by atoms with van der Waals surface area (Å²) < 4.78 is 15.9. The molecule has 0 saturated heterocycles. The molecule has 7 atom stereocenters. The molecule has 2 aromatic heterocycles. The Morgan fingerprint density at radius 1 is 0.734 bits per heavy atom. The molecule has 5 aromatic carbocycles. The van der Waals surface area contributed by atoms with Crippen LogP contribution in [-0.2, 0) is 4.74 Å². The first-order chi connectivity index (χ1) is 31.7. The van der Waals surface area contributed by atoms with Gasteiger partial charge in [-0.2, -0.15) is 0 Å². The highest BCUT2D eigenvalue weighted by molar-refractivity contribution is 6.13. The number of allylic oxidation sites excluding steroid dienone is 14. The lowest BCUT2D eigenvalue weighted by atomic mass is 9.59. The number of para-hydroxylation sites is 2. The number of rotatable bonds is 6. The number of nitrogens with zero attached hydrogens (tertiary/aromatic N) is 1. The minimum absolute atomic E-state index is 0.0116. The third-order valence-electron chi connectivity index (χ3n) is 15.3. The van der Waals surface area contributed by atoms with Gasteiger partial charge in [-0.05, 0) is 109 Å². The summed E-state index contributed by atoms with van der Waals surface area (Å²) in [4.78, 5) is 0. The van der Waals surface area contributed by atoms with Crippen LogP contribution in [0.5, 0.6) is 0 Å². The molecule has 312 valence electrons. The SMILES string of the molecule is CCC=CC=C1CC2C=CC(c3cccc(-n4c5cc(C6=CC=CC7C8=C(C=CCC8)OC67)ccc5c5ccc(-c6cccc7c6oc6ccccc67)cc54)c3)CC2C2C=CC=CC12. The highest BCUT2D eigenvalue weighted by atomic mass is 16.5. The predicted molar refractivity (Wildman–Crippen MR) is 265 cm³/mol. The van der Waals surface area contributed by atoms with Crippen LogP contribution in [0.1, 0.15) is 56.1 Å². The smallest absolute Gasteiger partial charge is 0.143 e. The van der Waals surface area contributed by atoms with Crippen LogP contribution in [0, 0.1) is 29.6 Å². The van der Waals surface area contributed by atoms with Gasteiger partial charge >= 0.3 is 0 Å². The molecule has 7 aromatic rings. The highest BCUT2D eigenvalue weighted by Crippen LogP contribution is 2.52. The number of aromatic nitrogens is 1. The summed E-state index contributed by atoms with van der Waals surface area (Å²) in [5.74, 6) is 3.87. The Morgan fingerprint density at radius 3 is 2.48 bits per heavy atom. The summed E-state index contributed by atoms with van der Waals surface area (Å²) in [6, 6.07) is 38.5. The average molecular weight is 830 g/mol. The number of furan rings is 1. The Bertz CT molecular complexity index is 3350. The van der Waals surface area contributed by atoms with E-state index in [1.54, 1.807) is 5.57 Å². The normalized spacial score (nSPS) is 26.3. The van der Waals surface area contributed by atoms with Gasteiger partial charge in [0.05, 0.1) is 11.0 Å². The molecular formula is C61H51NO2. The fourth-order valence-corrected chi connectivity index (χ4v) is 12.3. The maximum atomic E-state index is 6.76. The summed E-state index contributed by atoms with van der Waals surface area (Å²) in [5, 5.41) is 4.78. The fraction of sp³-hybridized carbons (Fsp3) is 0.213. The Hall–Kier alpha value is -6.84. The van der Waals surface area contributed by atoms with Crippen LogP contribution in [0.4, 0.5) is 0 Å². The number of hydrogen-bond acceptors (Lipinski definition) is 2. The molecule has 0 N–H and O–H groups in total. The van der Waals surface area contributed by atoms with Crippen molar-refractivity contribution in [3.63, 3.8) is 0 Å². The lowest BCUT2D eigenvalue weighted by Crippen LogP contribution is -2.37. The second kappa shape index (κ2) is 15.2. The molecule has 5 aliphatic carbocycles. The van der Waals surface area contributed by atoms with Gasteiger partial charge < -0.3 is 13.7 Å². The van der Waals surface area contributed by atoms with Crippen molar-refractivity contribution in [3.8, 4) is 16.8 Å². The molecule has 3 heterocycles. The second-order valence-corrected chi connectivity index (χ2v) is 18.8. The van der Waals surface area contributed by atoms with Crippen LogP contribution in [-0.4, -0.2) is 10.7 Å². The van der Waals surface area contributed by atoms with Crippen molar-refractivity contribution in [2.45, 2.75) is 51.0 Å². The first-order valence-corrected chi connectivity index (χ1v) is 23.6. The van der Waals surface area contributed by atoms with Crippen molar-refractivity contribution in [2.75, 3.05) is 0 Å². The molecule has 0 bridgehead atoms. The van der Waals surface area contributed by atoms with Crippen molar-refractivity contribution in [1.82, 2.24) is 4.57 Å². The van der Waals surface area contributed by atoms with Crippen molar-refractivity contribution in [2.24, 2.45) is 29.6 Å². The van der Waals surface area contributed by atoms with Gasteiger partial charge in [0.2, 0.25) is 0 Å². The number of fused-ring (bicyclic) bond motifs is 11. The maximum absolute atomic E-state index is 6.76. The van der Waals surface area contributed by atoms with Crippen LogP contribution in [0.2, 0.25) is 0 Å². The average Bonchev–Trinajstić information content (AvgIpc) is 4.03. The minimum atomic E-state index is -0.0116. The van der Waals surface area contributed by atoms with Crippen LogP contribution in [0.3, 0.4) is 0 Å². The van der Waals surface area contributed by atoms with E-state index in [0.717, 1.165) is 70.9 Å². The lowest BCUT2D eigenvalue weighted by molar-refractivity contribution is 0.182. The molecule has 1 saturated carbocycles. The van der Waals surface area contributed by atoms with Gasteiger partial charge in [-0.25, -0.2) is 0 Å². The van der Waals surface area contributed by atoms with E-state index in [1.165, 1.54) is 49.8 Å². The van der Waals surface area contributed by atoms with Crippen LogP contribution in [0.25, 0.3) is 66.1 Å². The third-order valence-corrected chi connectivity index (χ3v) is 15.3. The molecule has 7 unspecified atom stereocenters. The molecule has 0 amide bonds. The summed E-state index contributed by atoms with van der Waals surface area (Å²) >= 11 is 0. The Morgan fingerprint density at radius 2 is 1.56 bits per heavy atom. The zero-order valence-corrected chi connectivity index (χ0v) is 36.2. The Kier molecular flexibility index (Phi) is 8.93. The van der Waals surface area contributed by atoms with Gasteiger partial charge in [-0.1, -0.05) is 164 Å². The van der Waals surface area contributed by atoms with Gasteiger partial charge in [-0.3, -0.25) is 0 Å². The van der Waals surface area contributed by atoms with Crippen LogP contribution < -0.4 is 0 Å². The Labute approximate surface area is 375 Å². The molecule has 13 rings (SSSR count). The van der Waals surface area contributed by atoms with E-state index in [1.807, 2.05) is 0 Å². The topological polar surface area (TPSA) is 27.3 Å². The zero-order valence-electron chi connectivity index (χ0n) is 36.2. The molecule has 1 fully saturated rings. The molecule has 3 heteroatoms. The van der Waals surface area contributed by atoms with Gasteiger partial charge in [0.1, 0.15) is 23.0 Å². The van der Waals surface area contributed by atoms with E-state index in [2.05, 4.69) is 200 Å². The number of hydrogen-bond donors (Lipinski definition) is 0. The molecule has 3 nitrogen and oxygen atoms in total. The van der Waals surface area contributed by atoms with Crippen LogP contribution >= 0.6 is 0 Å². The van der Waals surface area contributed by atoms with E-state index in [-0.39, 0.29) is 12.0 Å². The van der Waals surface area contributed by atoms with E-state index in [9.17, 15) is 0 Å². The number of ether oxygens (including phenoxy) is 1. The zero-order chi connectivity index (χ0) is 42.3. The van der Waals surface area contributed by atoms with Crippen molar-refractivity contribution in [3.05, 3.63) is 216 Å². The van der Waals surface area contributed by atoms with Crippen molar-refractivity contribution >= 4 is 49.3 Å². The van der Waals surface area contributed by atoms with E-state index in [4.69, 9.17) is 9.15 Å². The first-order valence-electron chi connectivity index (χ1n) is 23.6. The summed E-state index contributed by atoms with van der Waals surface area (Å²) in [6.07, 6.45) is 38.4. The predicted octanol–water partition coefficient (Wildman–Crippen LogP) is 15.9. The van der Waals surface area contributed by atoms with Gasteiger partial charge in [0.25, 0.3) is 0 Å². The molecule has 6 aliphatic rings. The van der Waals surface area contributed by atoms with E-state index >= 15 is 0 Å². The van der Waals surface area contributed by atoms with Gasteiger partial charge in [0, 0.05) is 56.1 Å². The molecule has 0 radical (unpaired) electrons. The van der Waals surface area contributed by atoms with Crippen molar-refractivity contribution in [1.29, 1.82) is 0 Å². The Balaban J connectivity index is 0.940. The van der Waals surface area contributed by atoms with Crippen molar-refractivity contribution < 1.29 is 9.15 Å². The van der Waals surface area contributed by atoms with Crippen LogP contribution in [0.15, 0.2) is 210 Å². The molecular weight excluding hydrogens is 779 g/mol. The maximum Gasteiger partial charge on any atom is 0.143 e. The largest absolute Gasteiger partial charge is 0.485 e. The molecule has 64 heavy (non-hydrogen) atoms. The summed E-state index contributed by atoms with van der Waals surface area (Å²) in [5.41, 5.74) is 14.5. The van der Waals surface area contributed by atoms with Gasteiger partial charge in [-0.15, -0.1) is 0 Å². The summed E-state index contributed by atoms with van der Waals surface area (Å²) in [6.45, 7) is 2.21. The van der Waals surface area contributed by atoms with E-state index in [0.29, 0.717) is 29.6 Å². The standard InChI is InChI=1S/C61H51NO2/c1-2-3-4-14-40-33-41-28-27-39(35-55(41)48-18-6-5-17-45(40)48)38-15-11-16-44(34-38)62-56-36-42(46-21-12-23-53-51-19-7-9-25-58(51)63-60(46)53)29-31-49(56)50-32-30-43(37-57(50)62)47-22-13-24-54-52-20-8-10-26-59(52)64-61(47)54/h3-7,9-19,21-32,34,36-37,39,41,45,48,54-55,61H,2,8,20,33,35H2,1H3. The number of benzene rings is 5.